The van der Waals surface area contributed by atoms with Crippen LogP contribution in [-0.4, -0.2) is 28.7 Å². The maximum Gasteiger partial charge on any atom is 0.356 e. The van der Waals surface area contributed by atoms with E-state index in [1.54, 1.807) is 6.92 Å². The Bertz CT molecular complexity index is 745. The van der Waals surface area contributed by atoms with E-state index in [1.165, 1.54) is 22.4 Å². The van der Waals surface area contributed by atoms with Crippen LogP contribution in [0.4, 0.5) is 5.69 Å². The normalized spacial score (nSPS) is 10.8. The molecule has 2 rings (SSSR count). The van der Waals surface area contributed by atoms with Crippen LogP contribution >= 0.6 is 15.9 Å². The Morgan fingerprint density at radius 3 is 2.48 bits per heavy atom. The summed E-state index contributed by atoms with van der Waals surface area (Å²) in [6.07, 6.45) is 0.869. The summed E-state index contributed by atoms with van der Waals surface area (Å²) in [5, 5.41) is 3.51. The van der Waals surface area contributed by atoms with Crippen LogP contribution in [0.25, 0.3) is 0 Å². The number of halogens is 1. The molecule has 6 heteroatoms. The van der Waals surface area contributed by atoms with Gasteiger partial charge in [-0.25, -0.2) is 9.78 Å². The van der Waals surface area contributed by atoms with E-state index in [-0.39, 0.29) is 5.97 Å². The number of imidazole rings is 1. The first-order chi connectivity index (χ1) is 11.8. The molecule has 1 N–H and O–H groups in total. The van der Waals surface area contributed by atoms with E-state index >= 15 is 0 Å². The van der Waals surface area contributed by atoms with E-state index in [0.29, 0.717) is 29.3 Å². The second-order valence-corrected chi connectivity index (χ2v) is 6.95. The van der Waals surface area contributed by atoms with Crippen molar-refractivity contribution in [2.75, 3.05) is 18.5 Å². The molecule has 136 valence electrons. The van der Waals surface area contributed by atoms with Crippen LogP contribution in [0.2, 0.25) is 0 Å². The lowest BCUT2D eigenvalue weighted by Crippen LogP contribution is -2.15. The molecule has 0 amide bonds. The number of benzene rings is 1. The largest absolute Gasteiger partial charge is 0.461 e. The molecule has 0 radical (unpaired) electrons. The van der Waals surface area contributed by atoms with Crippen LogP contribution in [0.5, 0.6) is 0 Å². The van der Waals surface area contributed by atoms with Gasteiger partial charge in [0.25, 0.3) is 0 Å². The van der Waals surface area contributed by atoms with Crippen molar-refractivity contribution in [2.24, 2.45) is 0 Å². The van der Waals surface area contributed by atoms with Crippen LogP contribution in [0, 0.1) is 27.7 Å². The average Bonchev–Trinajstić information content (AvgIpc) is 2.79. The number of aromatic nitrogens is 2. The molecule has 0 aliphatic rings. The second-order valence-electron chi connectivity index (χ2n) is 6.24. The molecule has 0 saturated carbocycles. The van der Waals surface area contributed by atoms with Crippen LogP contribution in [0.3, 0.4) is 0 Å². The average molecular weight is 408 g/mol. The number of rotatable bonds is 7. The molecule has 1 aromatic heterocycles. The van der Waals surface area contributed by atoms with Crippen molar-refractivity contribution >= 4 is 27.6 Å². The fourth-order valence-electron chi connectivity index (χ4n) is 3.11. The number of nitrogens with one attached hydrogen (secondary N) is 1. The highest BCUT2D eigenvalue weighted by atomic mass is 79.9. The van der Waals surface area contributed by atoms with Crippen molar-refractivity contribution in [2.45, 2.75) is 47.6 Å². The summed E-state index contributed by atoms with van der Waals surface area (Å²) in [7, 11) is 0. The topological polar surface area (TPSA) is 56.1 Å². The fraction of sp³-hybridized carbons (Fsp3) is 0.474. The molecular formula is C19H26BrN3O2. The van der Waals surface area contributed by atoms with Crippen LogP contribution in [-0.2, 0) is 11.3 Å². The standard InChI is InChI=1S/C19H26BrN3O2/c1-6-25-18(24)17-15(5)22-19(20)23(17)9-7-8-21-16-13(3)10-12(2)11-14(16)4/h10-11,21H,6-9H2,1-5H3. The summed E-state index contributed by atoms with van der Waals surface area (Å²) < 4.78 is 7.69. The minimum Gasteiger partial charge on any atom is -0.461 e. The van der Waals surface area contributed by atoms with Crippen molar-refractivity contribution in [1.82, 2.24) is 9.55 Å². The SMILES string of the molecule is CCOC(=O)c1c(C)nc(Br)n1CCCNc1c(C)cc(C)cc1C. The van der Waals surface area contributed by atoms with E-state index in [9.17, 15) is 4.79 Å². The lowest BCUT2D eigenvalue weighted by atomic mass is 10.1. The van der Waals surface area contributed by atoms with Crippen molar-refractivity contribution in [3.8, 4) is 0 Å². The summed E-state index contributed by atoms with van der Waals surface area (Å²) in [4.78, 5) is 16.5. The third kappa shape index (κ3) is 4.63. The Hall–Kier alpha value is -1.82. The number of nitrogens with zero attached hydrogens (tertiary/aromatic N) is 2. The van der Waals surface area contributed by atoms with Crippen molar-refractivity contribution in [3.05, 3.63) is 44.9 Å². The predicted octanol–water partition coefficient (Wildman–Crippen LogP) is 4.56. The van der Waals surface area contributed by atoms with Crippen molar-refractivity contribution in [3.63, 3.8) is 0 Å². The zero-order valence-electron chi connectivity index (χ0n) is 15.6. The van der Waals surface area contributed by atoms with E-state index in [0.717, 1.165) is 13.0 Å². The maximum absolute atomic E-state index is 12.2. The monoisotopic (exact) mass is 407 g/mol. The molecule has 1 heterocycles. The van der Waals surface area contributed by atoms with Gasteiger partial charge in [-0.1, -0.05) is 17.7 Å². The minimum absolute atomic E-state index is 0.323. The first-order valence-electron chi connectivity index (χ1n) is 8.56. The lowest BCUT2D eigenvalue weighted by Gasteiger charge is -2.15. The molecule has 0 spiro atoms. The second kappa shape index (κ2) is 8.52. The molecule has 0 bridgehead atoms. The number of hydrogen-bond acceptors (Lipinski definition) is 4. The molecular weight excluding hydrogens is 382 g/mol. The highest BCUT2D eigenvalue weighted by Gasteiger charge is 2.20. The number of carbonyl (C=O) groups excluding carboxylic acids is 1. The Morgan fingerprint density at radius 2 is 1.88 bits per heavy atom. The number of ether oxygens (including phenoxy) is 1. The zero-order valence-corrected chi connectivity index (χ0v) is 17.2. The third-order valence-corrected chi connectivity index (χ3v) is 4.71. The van der Waals surface area contributed by atoms with Gasteiger partial charge in [-0.15, -0.1) is 0 Å². The van der Waals surface area contributed by atoms with Crippen molar-refractivity contribution in [1.29, 1.82) is 0 Å². The van der Waals surface area contributed by atoms with E-state index in [4.69, 9.17) is 4.74 Å². The van der Waals surface area contributed by atoms with Gasteiger partial charge >= 0.3 is 5.97 Å². The summed E-state index contributed by atoms with van der Waals surface area (Å²) in [6.45, 7) is 11.8. The summed E-state index contributed by atoms with van der Waals surface area (Å²) >= 11 is 3.44. The predicted molar refractivity (Wildman–Crippen MR) is 104 cm³/mol. The molecule has 25 heavy (non-hydrogen) atoms. The molecule has 1 aromatic carbocycles. The van der Waals surface area contributed by atoms with Crippen LogP contribution < -0.4 is 5.32 Å². The smallest absolute Gasteiger partial charge is 0.356 e. The summed E-state index contributed by atoms with van der Waals surface area (Å²) in [5.41, 5.74) is 6.18. The van der Waals surface area contributed by atoms with Gasteiger partial charge in [0.15, 0.2) is 10.4 Å². The van der Waals surface area contributed by atoms with Crippen LogP contribution in [0.15, 0.2) is 16.9 Å². The number of carbonyl (C=O) groups is 1. The molecule has 0 saturated heterocycles. The molecule has 2 aromatic rings. The Kier molecular flexibility index (Phi) is 6.64. The first-order valence-corrected chi connectivity index (χ1v) is 9.35. The first kappa shape index (κ1) is 19.5. The lowest BCUT2D eigenvalue weighted by molar-refractivity contribution is 0.0512. The third-order valence-electron chi connectivity index (χ3n) is 4.10. The van der Waals surface area contributed by atoms with Gasteiger partial charge in [0.2, 0.25) is 0 Å². The minimum atomic E-state index is -0.323. The van der Waals surface area contributed by atoms with Gasteiger partial charge in [0, 0.05) is 18.8 Å². The highest BCUT2D eigenvalue weighted by molar-refractivity contribution is 9.10. The van der Waals surface area contributed by atoms with Gasteiger partial charge in [-0.3, -0.25) is 0 Å². The highest BCUT2D eigenvalue weighted by Crippen LogP contribution is 2.22. The van der Waals surface area contributed by atoms with Gasteiger partial charge in [-0.05, 0) is 68.1 Å². The summed E-state index contributed by atoms with van der Waals surface area (Å²) in [5.74, 6) is -0.323. The number of anilines is 1. The summed E-state index contributed by atoms with van der Waals surface area (Å²) in [6, 6.07) is 4.37. The van der Waals surface area contributed by atoms with Gasteiger partial charge in [0.05, 0.1) is 12.3 Å². The molecule has 0 fully saturated rings. The Labute approximate surface area is 157 Å². The zero-order chi connectivity index (χ0) is 18.6. The van der Waals surface area contributed by atoms with Crippen LogP contribution in [0.1, 0.15) is 46.2 Å². The molecule has 0 atom stereocenters. The molecule has 0 aliphatic carbocycles. The number of esters is 1. The Morgan fingerprint density at radius 1 is 1.24 bits per heavy atom. The fourth-order valence-corrected chi connectivity index (χ4v) is 3.73. The number of hydrogen-bond donors (Lipinski definition) is 1. The molecule has 5 nitrogen and oxygen atoms in total. The van der Waals surface area contributed by atoms with Crippen molar-refractivity contribution < 1.29 is 9.53 Å². The van der Waals surface area contributed by atoms with Gasteiger partial charge in [0.1, 0.15) is 0 Å². The quantitative estimate of drug-likeness (QED) is 0.539. The van der Waals surface area contributed by atoms with Gasteiger partial charge in [-0.2, -0.15) is 0 Å². The number of aryl methyl sites for hydroxylation is 4. The van der Waals surface area contributed by atoms with E-state index in [1.807, 2.05) is 11.5 Å². The molecule has 0 aliphatic heterocycles. The maximum atomic E-state index is 12.2. The molecule has 0 unspecified atom stereocenters. The Balaban J connectivity index is 2.02. The van der Waals surface area contributed by atoms with Gasteiger partial charge < -0.3 is 14.6 Å². The van der Waals surface area contributed by atoms with E-state index in [2.05, 4.69) is 59.1 Å². The van der Waals surface area contributed by atoms with E-state index < -0.39 is 0 Å².